The molecule has 0 fully saturated rings. The van der Waals surface area contributed by atoms with E-state index in [0.29, 0.717) is 28.2 Å². The number of hydrogen-bond donors (Lipinski definition) is 4. The van der Waals surface area contributed by atoms with Gasteiger partial charge in [0.1, 0.15) is 5.67 Å². The summed E-state index contributed by atoms with van der Waals surface area (Å²) < 4.78 is 14.0. The molecule has 0 saturated carbocycles. The summed E-state index contributed by atoms with van der Waals surface area (Å²) in [5.74, 6) is 5.35. The van der Waals surface area contributed by atoms with Crippen LogP contribution in [0.1, 0.15) is 54.0 Å². The summed E-state index contributed by atoms with van der Waals surface area (Å²) in [5.41, 5.74) is 12.5. The lowest BCUT2D eigenvalue weighted by atomic mass is 9.98. The van der Waals surface area contributed by atoms with Crippen LogP contribution in [0.25, 0.3) is 11.1 Å². The van der Waals surface area contributed by atoms with Gasteiger partial charge in [-0.2, -0.15) is 0 Å². The smallest absolute Gasteiger partial charge is 0.251 e. The van der Waals surface area contributed by atoms with E-state index in [1.165, 1.54) is 13.8 Å². The minimum absolute atomic E-state index is 0.285. The van der Waals surface area contributed by atoms with Crippen LogP contribution in [-0.4, -0.2) is 10.9 Å². The van der Waals surface area contributed by atoms with E-state index in [4.69, 9.17) is 11.6 Å². The number of hydrogen-bond acceptors (Lipinski definition) is 5. The molecule has 0 aliphatic carbocycles. The Morgan fingerprint density at radius 3 is 2.35 bits per heavy atom. The highest BCUT2D eigenvalue weighted by molar-refractivity contribution is 6.00. The summed E-state index contributed by atoms with van der Waals surface area (Å²) in [7, 11) is 0. The zero-order chi connectivity index (χ0) is 22.8. The van der Waals surface area contributed by atoms with Gasteiger partial charge in [-0.1, -0.05) is 35.9 Å². The number of nitrogen functional groups attached to an aromatic ring is 2. The highest BCUT2D eigenvalue weighted by atomic mass is 19.1. The second kappa shape index (κ2) is 8.73. The predicted octanol–water partition coefficient (Wildman–Crippen LogP) is 4.62. The molecule has 31 heavy (non-hydrogen) atoms. The Hall–Kier alpha value is -3.45. The van der Waals surface area contributed by atoms with Crippen LogP contribution in [0, 0.1) is 6.92 Å². The summed E-state index contributed by atoms with van der Waals surface area (Å²) >= 11 is 0. The molecule has 0 bridgehead atoms. The molecule has 3 aromatic rings. The third-order valence-corrected chi connectivity index (χ3v) is 5.20. The van der Waals surface area contributed by atoms with Gasteiger partial charge in [-0.3, -0.25) is 15.6 Å². The van der Waals surface area contributed by atoms with Crippen LogP contribution < -0.4 is 22.3 Å². The average Bonchev–Trinajstić information content (AvgIpc) is 2.74. The number of aryl methyl sites for hydroxylation is 1. The summed E-state index contributed by atoms with van der Waals surface area (Å²) in [6, 6.07) is 14.3. The van der Waals surface area contributed by atoms with Crippen molar-refractivity contribution in [3.8, 4) is 11.1 Å². The summed E-state index contributed by atoms with van der Waals surface area (Å²) in [6.45, 7) is 6.75. The molecule has 6 N–H and O–H groups in total. The molecule has 162 valence electrons. The number of hydrazine groups is 1. The molecule has 0 spiro atoms. The molecule has 0 unspecified atom stereocenters. The third kappa shape index (κ3) is 5.00. The van der Waals surface area contributed by atoms with E-state index in [0.717, 1.165) is 16.7 Å². The lowest BCUT2D eigenvalue weighted by molar-refractivity contribution is 0.0940. The molecule has 0 aliphatic rings. The van der Waals surface area contributed by atoms with Crippen molar-refractivity contribution in [2.75, 3.05) is 11.2 Å². The number of aromatic nitrogens is 1. The van der Waals surface area contributed by atoms with Gasteiger partial charge in [-0.15, -0.1) is 0 Å². The molecular weight excluding hydrogens is 393 g/mol. The number of nitrogens with two attached hydrogens (primary N) is 2. The van der Waals surface area contributed by atoms with Gasteiger partial charge in [-0.25, -0.2) is 4.39 Å². The highest BCUT2D eigenvalue weighted by Gasteiger charge is 2.21. The minimum atomic E-state index is -1.52. The zero-order valence-corrected chi connectivity index (χ0v) is 18.2. The third-order valence-electron chi connectivity index (χ3n) is 5.20. The molecule has 0 aliphatic heterocycles. The van der Waals surface area contributed by atoms with Crippen molar-refractivity contribution in [1.82, 2.24) is 10.3 Å². The first-order chi connectivity index (χ1) is 14.6. The largest absolute Gasteiger partial charge is 0.397 e. The first-order valence-electron chi connectivity index (χ1n) is 10.0. The number of carbonyl (C=O) groups excluding carboxylic acids is 1. The van der Waals surface area contributed by atoms with Crippen LogP contribution in [0.3, 0.4) is 0 Å². The maximum absolute atomic E-state index is 14.0. The normalized spacial score (nSPS) is 12.3. The molecule has 1 atom stereocenters. The Balaban J connectivity index is 1.87. The lowest BCUT2D eigenvalue weighted by Crippen LogP contribution is -2.27. The average molecular weight is 422 g/mol. The van der Waals surface area contributed by atoms with Crippen LogP contribution in [0.15, 0.2) is 54.7 Å². The number of rotatable bonds is 6. The molecule has 3 rings (SSSR count). The maximum atomic E-state index is 14.0. The Morgan fingerprint density at radius 1 is 1.13 bits per heavy atom. The fourth-order valence-corrected chi connectivity index (χ4v) is 3.25. The molecule has 6 nitrogen and oxygen atoms in total. The van der Waals surface area contributed by atoms with Gasteiger partial charge in [0, 0.05) is 17.3 Å². The van der Waals surface area contributed by atoms with Crippen molar-refractivity contribution in [1.29, 1.82) is 0 Å². The Labute approximate surface area is 181 Å². The fraction of sp³-hybridized carbons (Fsp3) is 0.250. The molecule has 1 heterocycles. The quantitative estimate of drug-likeness (QED) is 0.264. The number of pyridine rings is 1. The van der Waals surface area contributed by atoms with Gasteiger partial charge in [0.15, 0.2) is 0 Å². The number of amides is 1. The molecule has 1 amide bonds. The monoisotopic (exact) mass is 421 g/mol. The molecule has 0 radical (unpaired) electrons. The van der Waals surface area contributed by atoms with Crippen molar-refractivity contribution >= 4 is 17.3 Å². The van der Waals surface area contributed by atoms with E-state index in [-0.39, 0.29) is 11.9 Å². The van der Waals surface area contributed by atoms with Gasteiger partial charge >= 0.3 is 0 Å². The van der Waals surface area contributed by atoms with Gasteiger partial charge < -0.3 is 16.5 Å². The molecule has 1 aromatic heterocycles. The van der Waals surface area contributed by atoms with E-state index in [1.54, 1.807) is 30.5 Å². The first-order valence-corrected chi connectivity index (χ1v) is 10.0. The van der Waals surface area contributed by atoms with Gasteiger partial charge in [0.05, 0.1) is 23.1 Å². The van der Waals surface area contributed by atoms with Crippen molar-refractivity contribution in [3.05, 3.63) is 77.1 Å². The first kappa shape index (κ1) is 22.2. The minimum Gasteiger partial charge on any atom is -0.397 e. The highest BCUT2D eigenvalue weighted by Crippen LogP contribution is 2.33. The molecule has 2 aromatic carbocycles. The van der Waals surface area contributed by atoms with E-state index in [2.05, 4.69) is 15.7 Å². The SMILES string of the molecule is Cc1ccc(-c2cc(C(=O)N[C@H](C)c3ccc(C(C)(C)F)nc3)cc(NN)c2N)cc1. The lowest BCUT2D eigenvalue weighted by Gasteiger charge is -2.18. The standard InChI is InChI=1S/C24H28FN5O/c1-14-5-7-16(8-6-14)19-11-18(12-20(30-27)22(19)26)23(31)29-15(2)17-9-10-21(28-13-17)24(3,4)25/h5-13,15,30H,26-27H2,1-4H3,(H,29,31)/t15-/m1/s1. The summed E-state index contributed by atoms with van der Waals surface area (Å²) in [6.07, 6.45) is 1.58. The molecular formula is C24H28FN5O. The van der Waals surface area contributed by atoms with Crippen molar-refractivity contribution in [2.45, 2.75) is 39.4 Å². The van der Waals surface area contributed by atoms with Crippen molar-refractivity contribution in [3.63, 3.8) is 0 Å². The van der Waals surface area contributed by atoms with E-state index < -0.39 is 5.67 Å². The van der Waals surface area contributed by atoms with E-state index >= 15 is 0 Å². The molecule has 7 heteroatoms. The summed E-state index contributed by atoms with van der Waals surface area (Å²) in [4.78, 5) is 17.2. The van der Waals surface area contributed by atoms with E-state index in [9.17, 15) is 9.18 Å². The number of halogens is 1. The van der Waals surface area contributed by atoms with Crippen LogP contribution in [0.4, 0.5) is 15.8 Å². The second-order valence-electron chi connectivity index (χ2n) is 8.14. The number of nitrogens with zero attached hydrogens (tertiary/aromatic N) is 1. The van der Waals surface area contributed by atoms with Crippen LogP contribution >= 0.6 is 0 Å². The number of alkyl halides is 1. The Morgan fingerprint density at radius 2 is 1.81 bits per heavy atom. The van der Waals surface area contributed by atoms with Gasteiger partial charge in [0.25, 0.3) is 5.91 Å². The molecule has 0 saturated heterocycles. The number of benzene rings is 2. The van der Waals surface area contributed by atoms with Crippen molar-refractivity contribution in [2.24, 2.45) is 5.84 Å². The van der Waals surface area contributed by atoms with Crippen molar-refractivity contribution < 1.29 is 9.18 Å². The van der Waals surface area contributed by atoms with E-state index in [1.807, 2.05) is 38.1 Å². The summed E-state index contributed by atoms with van der Waals surface area (Å²) in [5, 5.41) is 2.95. The zero-order valence-electron chi connectivity index (χ0n) is 18.2. The number of anilines is 2. The van der Waals surface area contributed by atoms with Gasteiger partial charge in [0.2, 0.25) is 0 Å². The fourth-order valence-electron chi connectivity index (χ4n) is 3.25. The van der Waals surface area contributed by atoms with Crippen LogP contribution in [0.5, 0.6) is 0 Å². The Kier molecular flexibility index (Phi) is 6.27. The second-order valence-corrected chi connectivity index (χ2v) is 8.14. The van der Waals surface area contributed by atoms with Gasteiger partial charge in [-0.05, 0) is 57.0 Å². The topological polar surface area (TPSA) is 106 Å². The van der Waals surface area contributed by atoms with Crippen LogP contribution in [-0.2, 0) is 5.67 Å². The predicted molar refractivity (Wildman–Crippen MR) is 123 cm³/mol. The number of carbonyl (C=O) groups is 1. The number of nitrogens with one attached hydrogen (secondary N) is 2. The Bertz CT molecular complexity index is 1070. The maximum Gasteiger partial charge on any atom is 0.251 e. The van der Waals surface area contributed by atoms with Crippen LogP contribution in [0.2, 0.25) is 0 Å².